The second-order valence-corrected chi connectivity index (χ2v) is 4.95. The van der Waals surface area contributed by atoms with Gasteiger partial charge in [-0.05, 0) is 42.3 Å². The van der Waals surface area contributed by atoms with Gasteiger partial charge in [-0.2, -0.15) is 5.10 Å². The highest BCUT2D eigenvalue weighted by atomic mass is 16.5. The second-order valence-electron chi connectivity index (χ2n) is 4.95. The molecule has 0 fully saturated rings. The molecule has 6 heteroatoms. The Balaban J connectivity index is 1.92. The summed E-state index contributed by atoms with van der Waals surface area (Å²) in [5, 5.41) is 6.60. The average molecular weight is 327 g/mol. The first-order valence-electron chi connectivity index (χ1n) is 7.69. The number of urea groups is 1. The molecule has 0 aliphatic heterocycles. The Labute approximate surface area is 141 Å². The molecule has 6 nitrogen and oxygen atoms in total. The third kappa shape index (κ3) is 5.31. The van der Waals surface area contributed by atoms with Gasteiger partial charge in [-0.3, -0.25) is 0 Å². The van der Waals surface area contributed by atoms with E-state index in [1.54, 1.807) is 25.3 Å². The van der Waals surface area contributed by atoms with Crippen LogP contribution in [-0.4, -0.2) is 26.0 Å². The average Bonchev–Trinajstić information content (AvgIpc) is 2.61. The summed E-state index contributed by atoms with van der Waals surface area (Å²) in [7, 11) is 1.58. The van der Waals surface area contributed by atoms with E-state index in [1.807, 2.05) is 37.3 Å². The topological polar surface area (TPSA) is 72.0 Å². The molecule has 126 valence electrons. The van der Waals surface area contributed by atoms with E-state index in [-0.39, 0.29) is 0 Å². The quantitative estimate of drug-likeness (QED) is 0.602. The smallest absolute Gasteiger partial charge is 0.339 e. The van der Waals surface area contributed by atoms with Crippen molar-refractivity contribution >= 4 is 17.9 Å². The predicted molar refractivity (Wildman–Crippen MR) is 95.0 cm³/mol. The van der Waals surface area contributed by atoms with Gasteiger partial charge >= 0.3 is 6.03 Å². The molecule has 24 heavy (non-hydrogen) atoms. The molecule has 0 aliphatic carbocycles. The van der Waals surface area contributed by atoms with Crippen LogP contribution in [-0.2, 0) is 0 Å². The first kappa shape index (κ1) is 17.3. The van der Waals surface area contributed by atoms with Crippen LogP contribution in [0.5, 0.6) is 11.5 Å². The Morgan fingerprint density at radius 1 is 1.17 bits per heavy atom. The number of benzene rings is 2. The summed E-state index contributed by atoms with van der Waals surface area (Å²) in [6, 6.07) is 14.2. The zero-order valence-electron chi connectivity index (χ0n) is 13.8. The molecule has 0 aromatic heterocycles. The molecule has 2 aromatic rings. The number of nitrogens with one attached hydrogen (secondary N) is 2. The van der Waals surface area contributed by atoms with Crippen molar-refractivity contribution in [3.63, 3.8) is 0 Å². The molecule has 0 bridgehead atoms. The van der Waals surface area contributed by atoms with Gasteiger partial charge < -0.3 is 14.8 Å². The zero-order valence-corrected chi connectivity index (χ0v) is 13.8. The SMILES string of the molecule is CCCOc1ccc(/C=N\NC(=O)Nc2ccccc2)cc1OC. The Bertz CT molecular complexity index is 687. The van der Waals surface area contributed by atoms with Gasteiger partial charge in [-0.25, -0.2) is 10.2 Å². The summed E-state index contributed by atoms with van der Waals surface area (Å²) in [5.41, 5.74) is 3.90. The predicted octanol–water partition coefficient (Wildman–Crippen LogP) is 3.64. The number of para-hydroxylation sites is 1. The molecule has 2 amide bonds. The van der Waals surface area contributed by atoms with Gasteiger partial charge in [0.1, 0.15) is 0 Å². The van der Waals surface area contributed by atoms with Gasteiger partial charge in [0.2, 0.25) is 0 Å². The molecule has 0 unspecified atom stereocenters. The maximum Gasteiger partial charge on any atom is 0.339 e. The first-order chi connectivity index (χ1) is 11.7. The van der Waals surface area contributed by atoms with Crippen molar-refractivity contribution in [2.24, 2.45) is 5.10 Å². The summed E-state index contributed by atoms with van der Waals surface area (Å²) in [6.07, 6.45) is 2.46. The van der Waals surface area contributed by atoms with E-state index in [0.29, 0.717) is 23.8 Å². The lowest BCUT2D eigenvalue weighted by Gasteiger charge is -2.10. The fourth-order valence-corrected chi connectivity index (χ4v) is 1.94. The number of methoxy groups -OCH3 is 1. The second kappa shape index (κ2) is 9.19. The number of hydrogen-bond donors (Lipinski definition) is 2. The molecule has 0 spiro atoms. The van der Waals surface area contributed by atoms with E-state index >= 15 is 0 Å². The standard InChI is InChI=1S/C18H21N3O3/c1-3-11-24-16-10-9-14(12-17(16)23-2)13-19-21-18(22)20-15-7-5-4-6-8-15/h4-10,12-13H,3,11H2,1-2H3,(H2,20,21,22)/b19-13-. The fraction of sp³-hybridized carbons (Fsp3) is 0.222. The summed E-state index contributed by atoms with van der Waals surface area (Å²) < 4.78 is 10.9. The Hall–Kier alpha value is -3.02. The number of hydrogen-bond acceptors (Lipinski definition) is 4. The van der Waals surface area contributed by atoms with E-state index in [9.17, 15) is 4.79 Å². The number of nitrogens with zero attached hydrogens (tertiary/aromatic N) is 1. The molecule has 0 saturated heterocycles. The normalized spacial score (nSPS) is 10.4. The molecule has 2 aromatic carbocycles. The van der Waals surface area contributed by atoms with Gasteiger partial charge in [0.15, 0.2) is 11.5 Å². The van der Waals surface area contributed by atoms with Crippen LogP contribution in [0.4, 0.5) is 10.5 Å². The zero-order chi connectivity index (χ0) is 17.2. The molecular formula is C18H21N3O3. The van der Waals surface area contributed by atoms with E-state index in [4.69, 9.17) is 9.47 Å². The minimum absolute atomic E-state index is 0.410. The van der Waals surface area contributed by atoms with Crippen LogP contribution >= 0.6 is 0 Å². The van der Waals surface area contributed by atoms with Crippen molar-refractivity contribution in [3.8, 4) is 11.5 Å². The Morgan fingerprint density at radius 3 is 2.67 bits per heavy atom. The maximum atomic E-state index is 11.7. The van der Waals surface area contributed by atoms with Crippen LogP contribution in [0.1, 0.15) is 18.9 Å². The molecular weight excluding hydrogens is 306 g/mol. The summed E-state index contributed by atoms with van der Waals surface area (Å²) >= 11 is 0. The van der Waals surface area contributed by atoms with Crippen LogP contribution in [0.15, 0.2) is 53.6 Å². The molecule has 0 saturated carbocycles. The number of amides is 2. The largest absolute Gasteiger partial charge is 0.493 e. The van der Waals surface area contributed by atoms with Crippen molar-refractivity contribution in [2.75, 3.05) is 19.0 Å². The van der Waals surface area contributed by atoms with Crippen LogP contribution in [0, 0.1) is 0 Å². The number of anilines is 1. The highest BCUT2D eigenvalue weighted by Crippen LogP contribution is 2.27. The highest BCUT2D eigenvalue weighted by Gasteiger charge is 2.05. The third-order valence-electron chi connectivity index (χ3n) is 3.06. The molecule has 0 radical (unpaired) electrons. The van der Waals surface area contributed by atoms with Gasteiger partial charge in [0.05, 0.1) is 19.9 Å². The molecule has 0 atom stereocenters. The van der Waals surface area contributed by atoms with Crippen molar-refractivity contribution in [1.82, 2.24) is 5.43 Å². The van der Waals surface area contributed by atoms with Gasteiger partial charge in [0, 0.05) is 5.69 Å². The van der Waals surface area contributed by atoms with Gasteiger partial charge in [0.25, 0.3) is 0 Å². The van der Waals surface area contributed by atoms with E-state index in [2.05, 4.69) is 15.8 Å². The molecule has 2 N–H and O–H groups in total. The summed E-state index contributed by atoms with van der Waals surface area (Å²) in [4.78, 5) is 11.7. The number of carbonyl (C=O) groups excluding carboxylic acids is 1. The number of carbonyl (C=O) groups is 1. The van der Waals surface area contributed by atoms with E-state index < -0.39 is 6.03 Å². The minimum atomic E-state index is -0.410. The number of hydrazone groups is 1. The first-order valence-corrected chi connectivity index (χ1v) is 7.69. The van der Waals surface area contributed by atoms with Gasteiger partial charge in [-0.1, -0.05) is 25.1 Å². The van der Waals surface area contributed by atoms with E-state index in [1.165, 1.54) is 6.21 Å². The lowest BCUT2D eigenvalue weighted by atomic mass is 10.2. The third-order valence-corrected chi connectivity index (χ3v) is 3.06. The van der Waals surface area contributed by atoms with Crippen LogP contribution in [0.3, 0.4) is 0 Å². The monoisotopic (exact) mass is 327 g/mol. The summed E-state index contributed by atoms with van der Waals surface area (Å²) in [6.45, 7) is 2.67. The molecule has 0 heterocycles. The number of ether oxygens (including phenoxy) is 2. The highest BCUT2D eigenvalue weighted by molar-refractivity contribution is 5.90. The fourth-order valence-electron chi connectivity index (χ4n) is 1.94. The number of rotatable bonds is 7. The van der Waals surface area contributed by atoms with Crippen molar-refractivity contribution in [1.29, 1.82) is 0 Å². The summed E-state index contributed by atoms with van der Waals surface area (Å²) in [5.74, 6) is 1.31. The lowest BCUT2D eigenvalue weighted by Crippen LogP contribution is -2.24. The Morgan fingerprint density at radius 2 is 1.96 bits per heavy atom. The molecule has 2 rings (SSSR count). The van der Waals surface area contributed by atoms with E-state index in [0.717, 1.165) is 12.0 Å². The maximum absolute atomic E-state index is 11.7. The van der Waals surface area contributed by atoms with Crippen LogP contribution in [0.25, 0.3) is 0 Å². The Kier molecular flexibility index (Phi) is 6.64. The van der Waals surface area contributed by atoms with Crippen molar-refractivity contribution in [3.05, 3.63) is 54.1 Å². The van der Waals surface area contributed by atoms with Crippen molar-refractivity contribution < 1.29 is 14.3 Å². The minimum Gasteiger partial charge on any atom is -0.493 e. The van der Waals surface area contributed by atoms with Crippen molar-refractivity contribution in [2.45, 2.75) is 13.3 Å². The molecule has 0 aliphatic rings. The van der Waals surface area contributed by atoms with Crippen LogP contribution in [0.2, 0.25) is 0 Å². The van der Waals surface area contributed by atoms with Crippen LogP contribution < -0.4 is 20.2 Å². The lowest BCUT2D eigenvalue weighted by molar-refractivity contribution is 0.252. The van der Waals surface area contributed by atoms with Gasteiger partial charge in [-0.15, -0.1) is 0 Å².